The fourth-order valence-electron chi connectivity index (χ4n) is 1.75. The van der Waals surface area contributed by atoms with E-state index in [4.69, 9.17) is 16.7 Å². The van der Waals surface area contributed by atoms with Gasteiger partial charge >= 0.3 is 5.97 Å². The molecule has 2 N–H and O–H groups in total. The number of nitrogens with one attached hydrogen (secondary N) is 1. The highest BCUT2D eigenvalue weighted by Gasteiger charge is 2.27. The van der Waals surface area contributed by atoms with Crippen LogP contribution >= 0.6 is 11.6 Å². The number of aryl methyl sites for hydroxylation is 1. The van der Waals surface area contributed by atoms with Crippen LogP contribution in [0.15, 0.2) is 23.1 Å². The molecule has 0 aliphatic rings. The van der Waals surface area contributed by atoms with Gasteiger partial charge in [-0.3, -0.25) is 4.79 Å². The lowest BCUT2D eigenvalue weighted by atomic mass is 10.1. The molecule has 7 heteroatoms. The highest BCUT2D eigenvalue weighted by atomic mass is 35.5. The summed E-state index contributed by atoms with van der Waals surface area (Å²) in [6.07, 6.45) is 0.206. The second-order valence-corrected chi connectivity index (χ2v) is 7.09. The number of carboxylic acid groups (broad SMARTS) is 1. The molecule has 0 heterocycles. The Labute approximate surface area is 124 Å². The van der Waals surface area contributed by atoms with Crippen molar-refractivity contribution >= 4 is 27.6 Å². The Kier molecular flexibility index (Phi) is 5.56. The molecule has 0 aliphatic carbocycles. The molecular weight excluding hydrogens is 302 g/mol. The molecule has 0 bridgehead atoms. The average molecular weight is 320 g/mol. The van der Waals surface area contributed by atoms with Crippen LogP contribution in [-0.4, -0.2) is 25.5 Å². The Bertz CT molecular complexity index is 598. The third kappa shape index (κ3) is 4.19. The minimum atomic E-state index is -3.97. The van der Waals surface area contributed by atoms with E-state index in [1.54, 1.807) is 19.1 Å². The monoisotopic (exact) mass is 319 g/mol. The summed E-state index contributed by atoms with van der Waals surface area (Å²) in [6, 6.07) is 3.43. The molecule has 0 radical (unpaired) electrons. The van der Waals surface area contributed by atoms with Crippen LogP contribution in [0, 0.1) is 12.8 Å². The fraction of sp³-hybridized carbons (Fsp3) is 0.462. The third-order valence-corrected chi connectivity index (χ3v) is 4.88. The van der Waals surface area contributed by atoms with E-state index in [2.05, 4.69) is 4.72 Å². The Hall–Kier alpha value is -1.11. The van der Waals surface area contributed by atoms with Gasteiger partial charge < -0.3 is 5.11 Å². The fourth-order valence-corrected chi connectivity index (χ4v) is 3.53. The van der Waals surface area contributed by atoms with Crippen LogP contribution < -0.4 is 4.72 Å². The van der Waals surface area contributed by atoms with Gasteiger partial charge in [-0.2, -0.15) is 4.72 Å². The van der Waals surface area contributed by atoms with Gasteiger partial charge in [0, 0.05) is 0 Å². The van der Waals surface area contributed by atoms with Gasteiger partial charge in [-0.1, -0.05) is 37.6 Å². The number of benzene rings is 1. The lowest BCUT2D eigenvalue weighted by molar-refractivity contribution is -0.139. The maximum Gasteiger partial charge on any atom is 0.321 e. The van der Waals surface area contributed by atoms with Crippen molar-refractivity contribution < 1.29 is 18.3 Å². The van der Waals surface area contributed by atoms with Crippen LogP contribution in [0.5, 0.6) is 0 Å². The minimum absolute atomic E-state index is 0.0479. The van der Waals surface area contributed by atoms with Crippen LogP contribution in [0.25, 0.3) is 0 Å². The molecule has 0 saturated carbocycles. The Morgan fingerprint density at radius 1 is 1.40 bits per heavy atom. The second kappa shape index (κ2) is 6.56. The number of rotatable bonds is 6. The summed E-state index contributed by atoms with van der Waals surface area (Å²) in [5.74, 6) is -1.15. The standard InChI is InChI=1S/C13H18ClNO4S/c1-8(2)7-10(13(16)17)15-20(18,19)11-6-4-5-9(3)12(11)14/h4-6,8,10,15H,7H2,1-3H3,(H,16,17)/t10-/m0/s1. The topological polar surface area (TPSA) is 83.5 Å². The van der Waals surface area contributed by atoms with Gasteiger partial charge in [0.15, 0.2) is 0 Å². The highest BCUT2D eigenvalue weighted by molar-refractivity contribution is 7.89. The van der Waals surface area contributed by atoms with Gasteiger partial charge in [-0.15, -0.1) is 0 Å². The normalized spacial score (nSPS) is 13.4. The minimum Gasteiger partial charge on any atom is -0.480 e. The lowest BCUT2D eigenvalue weighted by Crippen LogP contribution is -2.41. The summed E-state index contributed by atoms with van der Waals surface area (Å²) in [5, 5.41) is 9.20. The maximum absolute atomic E-state index is 12.2. The molecule has 1 rings (SSSR count). The van der Waals surface area contributed by atoms with E-state index in [1.807, 2.05) is 13.8 Å². The van der Waals surface area contributed by atoms with Crippen LogP contribution in [0.1, 0.15) is 25.8 Å². The number of carboxylic acids is 1. The SMILES string of the molecule is Cc1cccc(S(=O)(=O)N[C@@H](CC(C)C)C(=O)O)c1Cl. The number of hydrogen-bond donors (Lipinski definition) is 2. The Morgan fingerprint density at radius 2 is 2.00 bits per heavy atom. The van der Waals surface area contributed by atoms with E-state index in [0.717, 1.165) is 0 Å². The smallest absolute Gasteiger partial charge is 0.321 e. The van der Waals surface area contributed by atoms with Gasteiger partial charge in [0.1, 0.15) is 10.9 Å². The van der Waals surface area contributed by atoms with E-state index in [1.165, 1.54) is 6.07 Å². The third-order valence-electron chi connectivity index (χ3n) is 2.75. The number of carbonyl (C=O) groups is 1. The number of aliphatic carboxylic acids is 1. The lowest BCUT2D eigenvalue weighted by Gasteiger charge is -2.17. The summed E-state index contributed by atoms with van der Waals surface area (Å²) >= 11 is 5.98. The van der Waals surface area contributed by atoms with Crippen LogP contribution in [0.2, 0.25) is 5.02 Å². The molecular formula is C13H18ClNO4S. The first kappa shape index (κ1) is 16.9. The molecule has 0 unspecified atom stereocenters. The summed E-state index contributed by atoms with van der Waals surface area (Å²) in [5.41, 5.74) is 0.616. The van der Waals surface area contributed by atoms with Gasteiger partial charge in [0.2, 0.25) is 10.0 Å². The first-order valence-corrected chi connectivity index (χ1v) is 8.01. The van der Waals surface area contributed by atoms with Crippen molar-refractivity contribution in [2.24, 2.45) is 5.92 Å². The van der Waals surface area contributed by atoms with Gasteiger partial charge in [0.05, 0.1) is 5.02 Å². The maximum atomic E-state index is 12.2. The second-order valence-electron chi connectivity index (χ2n) is 5.03. The molecule has 0 amide bonds. The van der Waals surface area contributed by atoms with Crippen molar-refractivity contribution in [3.05, 3.63) is 28.8 Å². The molecule has 0 fully saturated rings. The van der Waals surface area contributed by atoms with Crippen molar-refractivity contribution in [1.82, 2.24) is 4.72 Å². The van der Waals surface area contributed by atoms with Crippen LogP contribution in [0.3, 0.4) is 0 Å². The van der Waals surface area contributed by atoms with Gasteiger partial charge in [-0.25, -0.2) is 8.42 Å². The zero-order valence-electron chi connectivity index (χ0n) is 11.6. The molecule has 5 nitrogen and oxygen atoms in total. The number of sulfonamides is 1. The van der Waals surface area contributed by atoms with Crippen molar-refractivity contribution in [2.45, 2.75) is 38.1 Å². The van der Waals surface area contributed by atoms with Crippen molar-refractivity contribution in [1.29, 1.82) is 0 Å². The quantitative estimate of drug-likeness (QED) is 0.843. The predicted molar refractivity (Wildman–Crippen MR) is 77.4 cm³/mol. The first-order chi connectivity index (χ1) is 9.15. The van der Waals surface area contributed by atoms with Crippen molar-refractivity contribution in [3.8, 4) is 0 Å². The molecule has 1 aromatic rings. The van der Waals surface area contributed by atoms with E-state index in [9.17, 15) is 13.2 Å². The Balaban J connectivity index is 3.10. The summed E-state index contributed by atoms with van der Waals surface area (Å²) in [7, 11) is -3.97. The largest absolute Gasteiger partial charge is 0.480 e. The molecule has 1 aromatic carbocycles. The number of hydrogen-bond acceptors (Lipinski definition) is 3. The molecule has 0 saturated heterocycles. The summed E-state index contributed by atoms with van der Waals surface area (Å²) in [4.78, 5) is 11.0. The van der Waals surface area contributed by atoms with Gasteiger partial charge in [-0.05, 0) is 30.9 Å². The summed E-state index contributed by atoms with van der Waals surface area (Å²) in [6.45, 7) is 5.33. The van der Waals surface area contributed by atoms with Gasteiger partial charge in [0.25, 0.3) is 0 Å². The van der Waals surface area contributed by atoms with Crippen molar-refractivity contribution in [3.63, 3.8) is 0 Å². The molecule has 112 valence electrons. The van der Waals surface area contributed by atoms with E-state index >= 15 is 0 Å². The van der Waals surface area contributed by atoms with Crippen LogP contribution in [0.4, 0.5) is 0 Å². The molecule has 0 aliphatic heterocycles. The molecule has 0 spiro atoms. The summed E-state index contributed by atoms with van der Waals surface area (Å²) < 4.78 is 26.7. The molecule has 20 heavy (non-hydrogen) atoms. The Morgan fingerprint density at radius 3 is 2.50 bits per heavy atom. The molecule has 1 atom stereocenters. The van der Waals surface area contributed by atoms with E-state index in [-0.39, 0.29) is 22.3 Å². The first-order valence-electron chi connectivity index (χ1n) is 6.15. The zero-order chi connectivity index (χ0) is 15.5. The van der Waals surface area contributed by atoms with Crippen LogP contribution in [-0.2, 0) is 14.8 Å². The molecule has 0 aromatic heterocycles. The van der Waals surface area contributed by atoms with Crippen molar-refractivity contribution in [2.75, 3.05) is 0 Å². The van der Waals surface area contributed by atoms with E-state index in [0.29, 0.717) is 5.56 Å². The zero-order valence-corrected chi connectivity index (χ0v) is 13.1. The predicted octanol–water partition coefficient (Wildman–Crippen LogP) is 2.43. The average Bonchev–Trinajstić information content (AvgIpc) is 2.30. The highest BCUT2D eigenvalue weighted by Crippen LogP contribution is 2.25. The van der Waals surface area contributed by atoms with E-state index < -0.39 is 22.0 Å². The number of halogens is 1.